The van der Waals surface area contributed by atoms with Crippen LogP contribution in [0.2, 0.25) is 10.0 Å². The van der Waals surface area contributed by atoms with Gasteiger partial charge in [-0.3, -0.25) is 4.79 Å². The van der Waals surface area contributed by atoms with Crippen molar-refractivity contribution < 1.29 is 19.1 Å². The zero-order valence-electron chi connectivity index (χ0n) is 16.5. The predicted octanol–water partition coefficient (Wildman–Crippen LogP) is 6.47. The lowest BCUT2D eigenvalue weighted by atomic mass is 10.0. The Kier molecular flexibility index (Phi) is 7.02. The summed E-state index contributed by atoms with van der Waals surface area (Å²) in [4.78, 5) is 25.5. The summed E-state index contributed by atoms with van der Waals surface area (Å²) in [6.07, 6.45) is 0. The second-order valence-electron chi connectivity index (χ2n) is 6.37. The number of aryl methyl sites for hydroxylation is 1. The highest BCUT2D eigenvalue weighted by Crippen LogP contribution is 2.38. The van der Waals surface area contributed by atoms with Crippen molar-refractivity contribution in [2.75, 3.05) is 19.0 Å². The van der Waals surface area contributed by atoms with Gasteiger partial charge in [-0.25, -0.2) is 4.79 Å². The minimum absolute atomic E-state index is 0.215. The highest BCUT2D eigenvalue weighted by Gasteiger charge is 2.23. The molecule has 30 heavy (non-hydrogen) atoms. The topological polar surface area (TPSA) is 64.6 Å². The highest BCUT2D eigenvalue weighted by atomic mass is 35.5. The van der Waals surface area contributed by atoms with Gasteiger partial charge in [0.2, 0.25) is 0 Å². The summed E-state index contributed by atoms with van der Waals surface area (Å²) in [5.74, 6) is -0.667. The van der Waals surface area contributed by atoms with Gasteiger partial charge in [0.15, 0.2) is 5.75 Å². The molecule has 156 valence electrons. The number of esters is 1. The zero-order valence-corrected chi connectivity index (χ0v) is 18.9. The molecule has 0 radical (unpaired) electrons. The number of methoxy groups -OCH3 is 1. The Morgan fingerprint density at radius 1 is 1.10 bits per heavy atom. The summed E-state index contributed by atoms with van der Waals surface area (Å²) in [5.41, 5.74) is 3.21. The smallest absolute Gasteiger partial charge is 0.341 e. The van der Waals surface area contributed by atoms with E-state index >= 15 is 0 Å². The molecule has 1 N–H and O–H groups in total. The fourth-order valence-electron chi connectivity index (χ4n) is 2.86. The number of rotatable bonds is 6. The van der Waals surface area contributed by atoms with Crippen molar-refractivity contribution in [3.05, 3.63) is 68.5 Å². The molecule has 0 aliphatic carbocycles. The Morgan fingerprint density at radius 3 is 2.30 bits per heavy atom. The van der Waals surface area contributed by atoms with Crippen LogP contribution in [-0.2, 0) is 4.74 Å². The third kappa shape index (κ3) is 4.61. The van der Waals surface area contributed by atoms with E-state index in [1.807, 2.05) is 36.6 Å². The SMILES string of the molecule is CCOC(=O)c1c(-c2ccc(C)cc2)csc1NC(=O)c1cc(Cl)c(OC)c(Cl)c1. The zero-order chi connectivity index (χ0) is 21.8. The average molecular weight is 464 g/mol. The van der Waals surface area contributed by atoms with Crippen LogP contribution in [0.3, 0.4) is 0 Å². The van der Waals surface area contributed by atoms with Crippen LogP contribution < -0.4 is 10.1 Å². The standard InChI is InChI=1S/C22H19Cl2NO4S/c1-4-29-22(27)18-15(13-7-5-12(2)6-8-13)11-30-21(18)25-20(26)14-9-16(23)19(28-3)17(24)10-14/h5-11H,4H2,1-3H3,(H,25,26). The minimum Gasteiger partial charge on any atom is -0.494 e. The number of carbonyl (C=O) groups is 2. The number of nitrogens with one attached hydrogen (secondary N) is 1. The monoisotopic (exact) mass is 463 g/mol. The number of hydrogen-bond acceptors (Lipinski definition) is 5. The van der Waals surface area contributed by atoms with E-state index in [0.29, 0.717) is 21.9 Å². The normalized spacial score (nSPS) is 10.6. The van der Waals surface area contributed by atoms with Gasteiger partial charge in [-0.2, -0.15) is 0 Å². The van der Waals surface area contributed by atoms with Crippen LogP contribution in [0.1, 0.15) is 33.2 Å². The highest BCUT2D eigenvalue weighted by molar-refractivity contribution is 7.15. The van der Waals surface area contributed by atoms with Crippen LogP contribution in [0.25, 0.3) is 11.1 Å². The van der Waals surface area contributed by atoms with Gasteiger partial charge in [0.05, 0.1) is 23.8 Å². The summed E-state index contributed by atoms with van der Waals surface area (Å²) < 4.78 is 10.3. The lowest BCUT2D eigenvalue weighted by Gasteiger charge is -2.11. The third-order valence-electron chi connectivity index (χ3n) is 4.32. The molecular weight excluding hydrogens is 445 g/mol. The molecular formula is C22H19Cl2NO4S. The van der Waals surface area contributed by atoms with E-state index < -0.39 is 11.9 Å². The molecule has 2 aromatic carbocycles. The van der Waals surface area contributed by atoms with E-state index in [1.54, 1.807) is 6.92 Å². The molecule has 0 spiro atoms. The number of carbonyl (C=O) groups excluding carboxylic acids is 2. The lowest BCUT2D eigenvalue weighted by Crippen LogP contribution is -2.15. The van der Waals surface area contributed by atoms with Crippen molar-refractivity contribution in [1.29, 1.82) is 0 Å². The first-order valence-corrected chi connectivity index (χ1v) is 10.7. The van der Waals surface area contributed by atoms with Crippen molar-refractivity contribution in [2.45, 2.75) is 13.8 Å². The maximum atomic E-state index is 12.8. The molecule has 1 heterocycles. The third-order valence-corrected chi connectivity index (χ3v) is 5.78. The molecule has 0 bridgehead atoms. The summed E-state index contributed by atoms with van der Waals surface area (Å²) in [7, 11) is 1.44. The van der Waals surface area contributed by atoms with E-state index in [2.05, 4.69) is 5.32 Å². The molecule has 0 aliphatic heterocycles. The Balaban J connectivity index is 1.98. The van der Waals surface area contributed by atoms with E-state index in [0.717, 1.165) is 11.1 Å². The molecule has 0 saturated heterocycles. The van der Waals surface area contributed by atoms with Gasteiger partial charge in [0.1, 0.15) is 10.6 Å². The minimum atomic E-state index is -0.504. The largest absolute Gasteiger partial charge is 0.494 e. The lowest BCUT2D eigenvalue weighted by molar-refractivity contribution is 0.0529. The molecule has 0 fully saturated rings. The summed E-state index contributed by atoms with van der Waals surface area (Å²) in [5, 5.41) is 5.42. The van der Waals surface area contributed by atoms with Crippen molar-refractivity contribution in [3.8, 4) is 16.9 Å². The second-order valence-corrected chi connectivity index (χ2v) is 8.06. The van der Waals surface area contributed by atoms with Crippen LogP contribution in [-0.4, -0.2) is 25.6 Å². The predicted molar refractivity (Wildman–Crippen MR) is 121 cm³/mol. The fraction of sp³-hybridized carbons (Fsp3) is 0.182. The number of benzene rings is 2. The van der Waals surface area contributed by atoms with Crippen molar-refractivity contribution in [2.24, 2.45) is 0 Å². The van der Waals surface area contributed by atoms with Crippen molar-refractivity contribution >= 4 is 51.4 Å². The number of thiophene rings is 1. The molecule has 3 aromatic rings. The quantitative estimate of drug-likeness (QED) is 0.425. The van der Waals surface area contributed by atoms with E-state index in [4.69, 9.17) is 32.7 Å². The first-order chi connectivity index (χ1) is 14.3. The van der Waals surface area contributed by atoms with E-state index in [9.17, 15) is 9.59 Å². The number of anilines is 1. The van der Waals surface area contributed by atoms with Crippen molar-refractivity contribution in [3.63, 3.8) is 0 Å². The fourth-order valence-corrected chi connectivity index (χ4v) is 4.46. The van der Waals surface area contributed by atoms with Gasteiger partial charge in [-0.1, -0.05) is 53.0 Å². The summed E-state index contributed by atoms with van der Waals surface area (Å²) in [6, 6.07) is 10.7. The van der Waals surface area contributed by atoms with Crippen molar-refractivity contribution in [1.82, 2.24) is 0 Å². The van der Waals surface area contributed by atoms with E-state index in [1.165, 1.54) is 30.6 Å². The van der Waals surface area contributed by atoms with Gasteiger partial charge >= 0.3 is 5.97 Å². The molecule has 3 rings (SSSR count). The van der Waals surface area contributed by atoms with Crippen LogP contribution in [0.4, 0.5) is 5.00 Å². The molecule has 0 saturated carbocycles. The van der Waals surface area contributed by atoms with Gasteiger partial charge in [0.25, 0.3) is 5.91 Å². The Labute approximate surface area is 188 Å². The van der Waals surface area contributed by atoms with Crippen LogP contribution in [0.15, 0.2) is 41.8 Å². The van der Waals surface area contributed by atoms with Crippen LogP contribution >= 0.6 is 34.5 Å². The molecule has 8 heteroatoms. The average Bonchev–Trinajstić information content (AvgIpc) is 3.12. The summed E-state index contributed by atoms with van der Waals surface area (Å²) in [6.45, 7) is 3.94. The maximum absolute atomic E-state index is 12.8. The van der Waals surface area contributed by atoms with Gasteiger partial charge in [-0.15, -0.1) is 11.3 Å². The second kappa shape index (κ2) is 9.51. The van der Waals surface area contributed by atoms with E-state index in [-0.39, 0.29) is 22.2 Å². The number of halogens is 2. The van der Waals surface area contributed by atoms with Crippen LogP contribution in [0, 0.1) is 6.92 Å². The summed E-state index contributed by atoms with van der Waals surface area (Å²) >= 11 is 13.5. The maximum Gasteiger partial charge on any atom is 0.341 e. The van der Waals surface area contributed by atoms with Gasteiger partial charge in [-0.05, 0) is 31.5 Å². The molecule has 0 aliphatic rings. The van der Waals surface area contributed by atoms with Gasteiger partial charge in [0, 0.05) is 16.5 Å². The first kappa shape index (κ1) is 22.2. The van der Waals surface area contributed by atoms with Crippen LogP contribution in [0.5, 0.6) is 5.75 Å². The Morgan fingerprint density at radius 2 is 1.73 bits per heavy atom. The molecule has 0 unspecified atom stereocenters. The molecule has 1 amide bonds. The Hall–Kier alpha value is -2.54. The molecule has 0 atom stereocenters. The molecule has 1 aromatic heterocycles. The Bertz CT molecular complexity index is 1070. The van der Waals surface area contributed by atoms with Gasteiger partial charge < -0.3 is 14.8 Å². The molecule has 5 nitrogen and oxygen atoms in total. The first-order valence-electron chi connectivity index (χ1n) is 9.05. The number of hydrogen-bond donors (Lipinski definition) is 1. The number of amides is 1. The number of ether oxygens (including phenoxy) is 2.